The largest absolute Gasteiger partial charge is 0.508 e. The second kappa shape index (κ2) is 6.04. The van der Waals surface area contributed by atoms with Gasteiger partial charge in [0.05, 0.1) is 4.92 Å². The smallest absolute Gasteiger partial charge is 0.285 e. The quantitative estimate of drug-likeness (QED) is 0.667. The van der Waals surface area contributed by atoms with Crippen LogP contribution in [0.25, 0.3) is 0 Å². The first-order chi connectivity index (χ1) is 10.0. The van der Waals surface area contributed by atoms with E-state index in [1.165, 1.54) is 12.1 Å². The van der Waals surface area contributed by atoms with Crippen LogP contribution in [0.5, 0.6) is 5.75 Å². The molecule has 0 spiro atoms. The zero-order valence-electron chi connectivity index (χ0n) is 11.4. The van der Waals surface area contributed by atoms with Gasteiger partial charge < -0.3 is 10.4 Å². The van der Waals surface area contributed by atoms with Crippen molar-refractivity contribution in [3.63, 3.8) is 0 Å². The van der Waals surface area contributed by atoms with Crippen molar-refractivity contribution in [1.29, 1.82) is 0 Å². The molecule has 2 N–H and O–H groups in total. The van der Waals surface area contributed by atoms with Gasteiger partial charge in [-0.1, -0.05) is 30.3 Å². The second-order valence-corrected chi connectivity index (χ2v) is 4.54. The van der Waals surface area contributed by atoms with E-state index in [1.54, 1.807) is 37.3 Å². The molecule has 0 aromatic heterocycles. The molecule has 2 aromatic carbocycles. The summed E-state index contributed by atoms with van der Waals surface area (Å²) in [5.41, 5.74) is 0.777. The van der Waals surface area contributed by atoms with Crippen molar-refractivity contribution in [2.45, 2.75) is 13.5 Å². The first kappa shape index (κ1) is 14.5. The maximum atomic E-state index is 12.1. The molecule has 2 rings (SSSR count). The fraction of sp³-hybridized carbons (Fsp3) is 0.133. The number of hydrogen-bond donors (Lipinski definition) is 2. The molecule has 0 radical (unpaired) electrons. The van der Waals surface area contributed by atoms with E-state index in [2.05, 4.69) is 5.32 Å². The summed E-state index contributed by atoms with van der Waals surface area (Å²) < 4.78 is 0. The Balaban J connectivity index is 2.20. The van der Waals surface area contributed by atoms with E-state index in [-0.39, 0.29) is 23.5 Å². The fourth-order valence-electron chi connectivity index (χ4n) is 2.02. The standard InChI is InChI=1S/C15H14N2O4/c1-10-5-4-7-12(14(10)17(20)21)15(19)16-9-11-6-2-3-8-13(11)18/h2-8,18H,9H2,1H3,(H,16,19). The minimum Gasteiger partial charge on any atom is -0.508 e. The lowest BCUT2D eigenvalue weighted by Gasteiger charge is -2.08. The topological polar surface area (TPSA) is 92.5 Å². The van der Waals surface area contributed by atoms with Gasteiger partial charge in [0, 0.05) is 17.7 Å². The normalized spacial score (nSPS) is 10.1. The predicted octanol–water partition coefficient (Wildman–Crippen LogP) is 2.54. The van der Waals surface area contributed by atoms with Crippen LogP contribution in [0.2, 0.25) is 0 Å². The third-order valence-electron chi connectivity index (χ3n) is 3.10. The molecule has 6 heteroatoms. The minimum absolute atomic E-state index is 0.00965. The number of hydrogen-bond acceptors (Lipinski definition) is 4. The van der Waals surface area contributed by atoms with Crippen molar-refractivity contribution in [2.24, 2.45) is 0 Å². The van der Waals surface area contributed by atoms with E-state index in [0.29, 0.717) is 11.1 Å². The molecule has 0 aliphatic rings. The molecular weight excluding hydrogens is 272 g/mol. The molecule has 0 unspecified atom stereocenters. The Hall–Kier alpha value is -2.89. The molecule has 0 aliphatic heterocycles. The van der Waals surface area contributed by atoms with Gasteiger partial charge in [0.15, 0.2) is 0 Å². The third-order valence-corrected chi connectivity index (χ3v) is 3.10. The van der Waals surface area contributed by atoms with Gasteiger partial charge in [-0.15, -0.1) is 0 Å². The first-order valence-corrected chi connectivity index (χ1v) is 6.29. The molecule has 0 bridgehead atoms. The molecule has 0 atom stereocenters. The molecule has 2 aromatic rings. The lowest BCUT2D eigenvalue weighted by atomic mass is 10.1. The fourth-order valence-corrected chi connectivity index (χ4v) is 2.02. The highest BCUT2D eigenvalue weighted by Gasteiger charge is 2.22. The maximum absolute atomic E-state index is 12.1. The number of carbonyl (C=O) groups is 1. The number of phenolic OH excluding ortho intramolecular Hbond substituents is 1. The Morgan fingerprint density at radius 3 is 2.62 bits per heavy atom. The summed E-state index contributed by atoms with van der Waals surface area (Å²) in [6.45, 7) is 1.68. The Morgan fingerprint density at radius 2 is 1.95 bits per heavy atom. The van der Waals surface area contributed by atoms with Crippen molar-refractivity contribution in [1.82, 2.24) is 5.32 Å². The number of nitro groups is 1. The lowest BCUT2D eigenvalue weighted by molar-refractivity contribution is -0.385. The highest BCUT2D eigenvalue weighted by Crippen LogP contribution is 2.23. The molecule has 0 saturated heterocycles. The maximum Gasteiger partial charge on any atom is 0.285 e. The first-order valence-electron chi connectivity index (χ1n) is 6.29. The van der Waals surface area contributed by atoms with E-state index >= 15 is 0 Å². The summed E-state index contributed by atoms with van der Waals surface area (Å²) in [6.07, 6.45) is 0. The molecule has 21 heavy (non-hydrogen) atoms. The van der Waals surface area contributed by atoms with Gasteiger partial charge in [0.1, 0.15) is 11.3 Å². The second-order valence-electron chi connectivity index (χ2n) is 4.54. The molecule has 0 aliphatic carbocycles. The van der Waals surface area contributed by atoms with Gasteiger partial charge in [-0.3, -0.25) is 14.9 Å². The number of aromatic hydroxyl groups is 1. The molecule has 0 saturated carbocycles. The van der Waals surface area contributed by atoms with E-state index in [4.69, 9.17) is 0 Å². The zero-order valence-corrected chi connectivity index (χ0v) is 11.4. The van der Waals surface area contributed by atoms with Crippen molar-refractivity contribution < 1.29 is 14.8 Å². The average molecular weight is 286 g/mol. The third kappa shape index (κ3) is 3.17. The average Bonchev–Trinajstić information content (AvgIpc) is 2.45. The van der Waals surface area contributed by atoms with Crippen molar-refractivity contribution in [2.75, 3.05) is 0 Å². The lowest BCUT2D eigenvalue weighted by Crippen LogP contribution is -2.24. The van der Waals surface area contributed by atoms with Gasteiger partial charge in [-0.25, -0.2) is 0 Å². The number of amides is 1. The number of nitrogens with zero attached hydrogens (tertiary/aromatic N) is 1. The van der Waals surface area contributed by atoms with E-state index in [0.717, 1.165) is 0 Å². The number of para-hydroxylation sites is 2. The summed E-state index contributed by atoms with van der Waals surface area (Å²) in [6, 6.07) is 11.2. The molecule has 1 amide bonds. The number of carbonyl (C=O) groups excluding carboxylic acids is 1. The highest BCUT2D eigenvalue weighted by atomic mass is 16.6. The monoisotopic (exact) mass is 286 g/mol. The summed E-state index contributed by atoms with van der Waals surface area (Å²) in [4.78, 5) is 22.6. The number of phenols is 1. The van der Waals surface area contributed by atoms with Gasteiger partial charge in [0.2, 0.25) is 0 Å². The Kier molecular flexibility index (Phi) is 4.18. The van der Waals surface area contributed by atoms with Crippen LogP contribution in [0.4, 0.5) is 5.69 Å². The summed E-state index contributed by atoms with van der Waals surface area (Å²) in [5.74, 6) is -0.481. The molecule has 0 heterocycles. The molecular formula is C15H14N2O4. The minimum atomic E-state index is -0.565. The Labute approximate surface area is 121 Å². The number of nitro benzene ring substituents is 1. The van der Waals surface area contributed by atoms with Crippen molar-refractivity contribution in [3.8, 4) is 5.75 Å². The number of rotatable bonds is 4. The number of benzene rings is 2. The van der Waals surface area contributed by atoms with Crippen molar-refractivity contribution >= 4 is 11.6 Å². The van der Waals surface area contributed by atoms with E-state index in [1.807, 2.05) is 0 Å². The number of aryl methyl sites for hydroxylation is 1. The SMILES string of the molecule is Cc1cccc(C(=O)NCc2ccccc2O)c1[N+](=O)[O-]. The van der Waals surface area contributed by atoms with Crippen LogP contribution in [0.15, 0.2) is 42.5 Å². The molecule has 6 nitrogen and oxygen atoms in total. The van der Waals surface area contributed by atoms with Crippen LogP contribution >= 0.6 is 0 Å². The Morgan fingerprint density at radius 1 is 1.24 bits per heavy atom. The summed E-state index contributed by atoms with van der Waals surface area (Å²) in [5, 5.41) is 23.3. The highest BCUT2D eigenvalue weighted by molar-refractivity contribution is 5.98. The van der Waals surface area contributed by atoms with E-state index < -0.39 is 10.8 Å². The van der Waals surface area contributed by atoms with Crippen LogP contribution < -0.4 is 5.32 Å². The van der Waals surface area contributed by atoms with Gasteiger partial charge >= 0.3 is 0 Å². The zero-order chi connectivity index (χ0) is 15.4. The summed E-state index contributed by atoms with van der Waals surface area (Å²) >= 11 is 0. The molecule has 108 valence electrons. The summed E-state index contributed by atoms with van der Waals surface area (Å²) in [7, 11) is 0. The van der Waals surface area contributed by atoms with Crippen LogP contribution in [-0.2, 0) is 6.54 Å². The Bertz CT molecular complexity index is 698. The molecule has 0 fully saturated rings. The van der Waals surface area contributed by atoms with E-state index in [9.17, 15) is 20.0 Å². The van der Waals surface area contributed by atoms with Crippen LogP contribution in [-0.4, -0.2) is 15.9 Å². The van der Waals surface area contributed by atoms with Crippen LogP contribution in [0.3, 0.4) is 0 Å². The van der Waals surface area contributed by atoms with Crippen molar-refractivity contribution in [3.05, 3.63) is 69.3 Å². The predicted molar refractivity (Wildman–Crippen MR) is 77.1 cm³/mol. The van der Waals surface area contributed by atoms with Gasteiger partial charge in [-0.2, -0.15) is 0 Å². The van der Waals surface area contributed by atoms with Crippen LogP contribution in [0, 0.1) is 17.0 Å². The van der Waals surface area contributed by atoms with Crippen LogP contribution in [0.1, 0.15) is 21.5 Å². The van der Waals surface area contributed by atoms with Gasteiger partial charge in [0.25, 0.3) is 11.6 Å². The number of nitrogens with one attached hydrogen (secondary N) is 1. The van der Waals surface area contributed by atoms with Gasteiger partial charge in [-0.05, 0) is 19.1 Å².